The zero-order chi connectivity index (χ0) is 12.9. The number of aliphatic carboxylic acids is 1. The average Bonchev–Trinajstić information content (AvgIpc) is 2.32. The Morgan fingerprint density at radius 1 is 1.22 bits per heavy atom. The van der Waals surface area contributed by atoms with Crippen molar-refractivity contribution in [2.24, 2.45) is 0 Å². The number of carbonyl (C=O) groups excluding carboxylic acids is 2. The Morgan fingerprint density at radius 3 is 2.17 bits per heavy atom. The molecule has 0 aromatic heterocycles. The van der Waals surface area contributed by atoms with Gasteiger partial charge in [0.05, 0.1) is 12.6 Å². The smallest absolute Gasteiger partial charge is 0.549 e. The van der Waals surface area contributed by atoms with Crippen LogP contribution >= 0.6 is 0 Å². The summed E-state index contributed by atoms with van der Waals surface area (Å²) >= 11 is 0. The standard InChI is InChI=1S/C13H16O4.Na/c1-3-13(11(14)15,12(16)17-4-2)10-8-6-5-7-9-10;/h5-9H,3-4H2,1-2H3,(H,14,15);/q;+1/p-1. The summed E-state index contributed by atoms with van der Waals surface area (Å²) in [5, 5.41) is 11.4. The van der Waals surface area contributed by atoms with E-state index >= 15 is 0 Å². The van der Waals surface area contributed by atoms with Gasteiger partial charge < -0.3 is 14.6 Å². The van der Waals surface area contributed by atoms with E-state index in [2.05, 4.69) is 0 Å². The molecule has 1 unspecified atom stereocenters. The van der Waals surface area contributed by atoms with E-state index in [0.29, 0.717) is 5.56 Å². The molecule has 0 N–H and O–H groups in total. The minimum Gasteiger partial charge on any atom is -0.549 e. The summed E-state index contributed by atoms with van der Waals surface area (Å²) in [5.74, 6) is -2.20. The minimum atomic E-state index is -1.71. The molecule has 0 bridgehead atoms. The van der Waals surface area contributed by atoms with E-state index in [9.17, 15) is 14.7 Å². The maximum atomic E-state index is 11.9. The van der Waals surface area contributed by atoms with Gasteiger partial charge in [-0.15, -0.1) is 0 Å². The Morgan fingerprint density at radius 2 is 1.78 bits per heavy atom. The zero-order valence-electron chi connectivity index (χ0n) is 10.9. The second-order valence-corrected chi connectivity index (χ2v) is 3.63. The van der Waals surface area contributed by atoms with E-state index in [-0.39, 0.29) is 42.6 Å². The molecule has 0 saturated carbocycles. The molecule has 1 aromatic carbocycles. The Labute approximate surface area is 129 Å². The molecule has 1 aromatic rings. The number of esters is 1. The van der Waals surface area contributed by atoms with Crippen molar-refractivity contribution in [1.82, 2.24) is 0 Å². The van der Waals surface area contributed by atoms with Gasteiger partial charge in [-0.05, 0) is 18.9 Å². The third kappa shape index (κ3) is 3.13. The average molecular weight is 258 g/mol. The summed E-state index contributed by atoms with van der Waals surface area (Å²) in [6, 6.07) is 8.31. The molecular formula is C13H15NaO4. The van der Waals surface area contributed by atoms with Gasteiger partial charge in [0.1, 0.15) is 5.41 Å². The summed E-state index contributed by atoms with van der Waals surface area (Å²) in [4.78, 5) is 23.3. The van der Waals surface area contributed by atoms with E-state index in [1.165, 1.54) is 0 Å². The molecule has 0 saturated heterocycles. The second kappa shape index (κ2) is 7.56. The van der Waals surface area contributed by atoms with Gasteiger partial charge in [0, 0.05) is 0 Å². The van der Waals surface area contributed by atoms with Crippen LogP contribution in [0.1, 0.15) is 25.8 Å². The van der Waals surface area contributed by atoms with Crippen molar-refractivity contribution in [3.05, 3.63) is 35.9 Å². The van der Waals surface area contributed by atoms with Crippen LogP contribution in [0.25, 0.3) is 0 Å². The molecule has 0 amide bonds. The zero-order valence-corrected chi connectivity index (χ0v) is 12.9. The molecule has 92 valence electrons. The Hall–Kier alpha value is -0.840. The molecule has 0 aliphatic carbocycles. The number of carbonyl (C=O) groups is 2. The molecule has 0 aliphatic rings. The van der Waals surface area contributed by atoms with Crippen molar-refractivity contribution in [2.75, 3.05) is 6.61 Å². The van der Waals surface area contributed by atoms with Crippen LogP contribution in [0, 0.1) is 0 Å². The van der Waals surface area contributed by atoms with Crippen molar-refractivity contribution in [1.29, 1.82) is 0 Å². The first-order valence-corrected chi connectivity index (χ1v) is 5.53. The molecule has 18 heavy (non-hydrogen) atoms. The van der Waals surface area contributed by atoms with E-state index < -0.39 is 17.4 Å². The molecule has 1 rings (SSSR count). The van der Waals surface area contributed by atoms with Crippen LogP contribution in [-0.2, 0) is 19.7 Å². The summed E-state index contributed by atoms with van der Waals surface area (Å²) < 4.78 is 4.85. The molecule has 0 fully saturated rings. The first-order chi connectivity index (χ1) is 8.09. The maximum Gasteiger partial charge on any atom is 1.00 e. The molecule has 1 atom stereocenters. The summed E-state index contributed by atoms with van der Waals surface area (Å²) in [6.45, 7) is 3.40. The number of ether oxygens (including phenoxy) is 1. The van der Waals surface area contributed by atoms with Gasteiger partial charge >= 0.3 is 35.5 Å². The van der Waals surface area contributed by atoms with Crippen LogP contribution in [0.3, 0.4) is 0 Å². The van der Waals surface area contributed by atoms with Gasteiger partial charge in [0.2, 0.25) is 0 Å². The van der Waals surface area contributed by atoms with Gasteiger partial charge in [0.15, 0.2) is 0 Å². The van der Waals surface area contributed by atoms with Gasteiger partial charge in [-0.25, -0.2) is 0 Å². The number of hydrogen-bond donors (Lipinski definition) is 0. The number of hydrogen-bond acceptors (Lipinski definition) is 4. The molecule has 0 spiro atoms. The first kappa shape index (κ1) is 17.2. The number of carboxylic acids is 1. The quantitative estimate of drug-likeness (QED) is 0.337. The van der Waals surface area contributed by atoms with Crippen molar-refractivity contribution >= 4 is 11.9 Å². The van der Waals surface area contributed by atoms with Gasteiger partial charge in [-0.2, -0.15) is 0 Å². The fraction of sp³-hybridized carbons (Fsp3) is 0.385. The van der Waals surface area contributed by atoms with Gasteiger partial charge in [-0.3, -0.25) is 4.79 Å². The summed E-state index contributed by atoms with van der Waals surface area (Å²) in [6.07, 6.45) is 0.0954. The van der Waals surface area contributed by atoms with Gasteiger partial charge in [0.25, 0.3) is 0 Å². The van der Waals surface area contributed by atoms with Crippen LogP contribution in [0.15, 0.2) is 30.3 Å². The fourth-order valence-electron chi connectivity index (χ4n) is 1.79. The molecule has 0 radical (unpaired) electrons. The maximum absolute atomic E-state index is 11.9. The first-order valence-electron chi connectivity index (χ1n) is 5.53. The normalized spacial score (nSPS) is 13.0. The molecule has 4 nitrogen and oxygen atoms in total. The topological polar surface area (TPSA) is 66.4 Å². The van der Waals surface area contributed by atoms with Crippen LogP contribution in [0.4, 0.5) is 0 Å². The SMILES string of the molecule is CCOC(=O)C(CC)(C(=O)[O-])c1ccccc1.[Na+]. The van der Waals surface area contributed by atoms with Crippen molar-refractivity contribution in [3.8, 4) is 0 Å². The van der Waals surface area contributed by atoms with E-state index in [0.717, 1.165) is 0 Å². The van der Waals surface area contributed by atoms with Crippen LogP contribution in [0.2, 0.25) is 0 Å². The second-order valence-electron chi connectivity index (χ2n) is 3.63. The third-order valence-electron chi connectivity index (χ3n) is 2.77. The Bertz CT molecular complexity index is 405. The van der Waals surface area contributed by atoms with Crippen LogP contribution in [0.5, 0.6) is 0 Å². The van der Waals surface area contributed by atoms with E-state index in [4.69, 9.17) is 4.74 Å². The molecule has 5 heteroatoms. The Kier molecular flexibility index (Phi) is 7.21. The largest absolute Gasteiger partial charge is 1.00 e. The van der Waals surface area contributed by atoms with Crippen molar-refractivity contribution in [3.63, 3.8) is 0 Å². The predicted octanol–water partition coefficient (Wildman–Crippen LogP) is -2.35. The third-order valence-corrected chi connectivity index (χ3v) is 2.77. The van der Waals surface area contributed by atoms with Crippen molar-refractivity contribution < 1.29 is 49.0 Å². The van der Waals surface area contributed by atoms with Crippen LogP contribution < -0.4 is 34.7 Å². The van der Waals surface area contributed by atoms with E-state index in [1.54, 1.807) is 44.2 Å². The predicted molar refractivity (Wildman–Crippen MR) is 60.1 cm³/mol. The van der Waals surface area contributed by atoms with Crippen molar-refractivity contribution in [2.45, 2.75) is 25.7 Å². The number of rotatable bonds is 5. The molecule has 0 aliphatic heterocycles. The molecule has 0 heterocycles. The van der Waals surface area contributed by atoms with Crippen LogP contribution in [-0.4, -0.2) is 18.5 Å². The Balaban J connectivity index is 0.00000289. The number of benzene rings is 1. The summed E-state index contributed by atoms with van der Waals surface area (Å²) in [7, 11) is 0. The minimum absolute atomic E-state index is 0. The summed E-state index contributed by atoms with van der Waals surface area (Å²) in [5.41, 5.74) is -1.32. The van der Waals surface area contributed by atoms with E-state index in [1.807, 2.05) is 0 Å². The van der Waals surface area contributed by atoms with Gasteiger partial charge in [-0.1, -0.05) is 37.3 Å². The number of carboxylic acid groups (broad SMARTS) is 1. The molecular weight excluding hydrogens is 243 g/mol. The fourth-order valence-corrected chi connectivity index (χ4v) is 1.79. The monoisotopic (exact) mass is 258 g/mol.